The smallest absolute Gasteiger partial charge is 0.0772 e. The van der Waals surface area contributed by atoms with Crippen LogP contribution in [0, 0.1) is 17.8 Å². The summed E-state index contributed by atoms with van der Waals surface area (Å²) in [5.41, 5.74) is 1.30. The first-order chi connectivity index (χ1) is 11.7. The van der Waals surface area contributed by atoms with Gasteiger partial charge in [-0.3, -0.25) is 0 Å². The monoisotopic (exact) mass is 333 g/mol. The Morgan fingerprint density at radius 1 is 1.00 bits per heavy atom. The molecule has 0 saturated heterocycles. The van der Waals surface area contributed by atoms with Gasteiger partial charge in [0.1, 0.15) is 0 Å². The van der Waals surface area contributed by atoms with Crippen LogP contribution in [0.3, 0.4) is 0 Å². The van der Waals surface area contributed by atoms with Crippen molar-refractivity contribution < 1.29 is 0 Å². The van der Waals surface area contributed by atoms with Gasteiger partial charge in [-0.25, -0.2) is 0 Å². The lowest BCUT2D eigenvalue weighted by Crippen LogP contribution is -2.21. The minimum absolute atomic E-state index is 0.415. The van der Waals surface area contributed by atoms with Gasteiger partial charge in [-0.15, -0.1) is 11.3 Å². The molecular formula is C22H23NS. The van der Waals surface area contributed by atoms with Gasteiger partial charge in [0.2, 0.25) is 0 Å². The van der Waals surface area contributed by atoms with Gasteiger partial charge in [-0.1, -0.05) is 62.1 Å². The van der Waals surface area contributed by atoms with Crippen molar-refractivity contribution in [3.8, 4) is 11.8 Å². The lowest BCUT2D eigenvalue weighted by Gasteiger charge is -2.24. The first-order valence-electron chi connectivity index (χ1n) is 8.50. The summed E-state index contributed by atoms with van der Waals surface area (Å²) in [6.07, 6.45) is 0. The van der Waals surface area contributed by atoms with Crippen LogP contribution in [-0.2, 0) is 6.54 Å². The second kappa shape index (κ2) is 7.55. The van der Waals surface area contributed by atoms with Gasteiger partial charge in [0.15, 0.2) is 0 Å². The van der Waals surface area contributed by atoms with E-state index in [0.29, 0.717) is 5.92 Å². The standard InChI is InChI=1S/C22H23NS/c1-4-23(16-20-15-14-19(24-20)13-12-17(2)3)22-11-7-9-18-8-5-6-10-21(18)22/h5-11,14-15,17H,4,16H2,1-3H3. The predicted molar refractivity (Wildman–Crippen MR) is 107 cm³/mol. The maximum absolute atomic E-state index is 3.28. The van der Waals surface area contributed by atoms with Crippen LogP contribution in [0.5, 0.6) is 0 Å². The molecule has 24 heavy (non-hydrogen) atoms. The Hall–Kier alpha value is -2.24. The molecule has 2 aromatic carbocycles. The number of fused-ring (bicyclic) bond motifs is 1. The molecule has 1 aromatic heterocycles. The molecule has 3 rings (SSSR count). The van der Waals surface area contributed by atoms with Gasteiger partial charge in [0.25, 0.3) is 0 Å². The molecule has 0 saturated carbocycles. The van der Waals surface area contributed by atoms with Crippen LogP contribution in [0.1, 0.15) is 30.5 Å². The largest absolute Gasteiger partial charge is 0.366 e. The van der Waals surface area contributed by atoms with E-state index >= 15 is 0 Å². The summed E-state index contributed by atoms with van der Waals surface area (Å²) in [6.45, 7) is 8.38. The fraction of sp³-hybridized carbons (Fsp3) is 0.273. The lowest BCUT2D eigenvalue weighted by atomic mass is 10.1. The third-order valence-electron chi connectivity index (χ3n) is 3.98. The zero-order valence-corrected chi connectivity index (χ0v) is 15.4. The fourth-order valence-corrected chi connectivity index (χ4v) is 3.67. The summed E-state index contributed by atoms with van der Waals surface area (Å²) < 4.78 is 0. The molecule has 0 unspecified atom stereocenters. The molecule has 0 bridgehead atoms. The molecule has 3 aromatic rings. The van der Waals surface area contributed by atoms with E-state index in [9.17, 15) is 0 Å². The molecule has 0 aliphatic heterocycles. The van der Waals surface area contributed by atoms with Gasteiger partial charge >= 0.3 is 0 Å². The number of hydrogen-bond donors (Lipinski definition) is 0. The van der Waals surface area contributed by atoms with Crippen LogP contribution in [0.15, 0.2) is 54.6 Å². The Morgan fingerprint density at radius 2 is 1.79 bits per heavy atom. The number of rotatable bonds is 4. The second-order valence-corrected chi connectivity index (χ2v) is 7.37. The number of anilines is 1. The lowest BCUT2D eigenvalue weighted by molar-refractivity contribution is 0.847. The van der Waals surface area contributed by atoms with E-state index in [0.717, 1.165) is 18.0 Å². The van der Waals surface area contributed by atoms with Crippen molar-refractivity contribution in [2.45, 2.75) is 27.3 Å². The average molecular weight is 334 g/mol. The van der Waals surface area contributed by atoms with Gasteiger partial charge in [-0.2, -0.15) is 0 Å². The van der Waals surface area contributed by atoms with Crippen LogP contribution in [-0.4, -0.2) is 6.54 Å². The van der Waals surface area contributed by atoms with E-state index in [1.54, 1.807) is 11.3 Å². The van der Waals surface area contributed by atoms with E-state index in [1.807, 2.05) is 0 Å². The summed E-state index contributed by atoms with van der Waals surface area (Å²) in [6, 6.07) is 19.5. The SMILES string of the molecule is CCN(Cc1ccc(C#CC(C)C)s1)c1cccc2ccccc12. The highest BCUT2D eigenvalue weighted by Crippen LogP contribution is 2.29. The minimum atomic E-state index is 0.415. The maximum Gasteiger partial charge on any atom is 0.0772 e. The highest BCUT2D eigenvalue weighted by atomic mass is 32.1. The molecule has 0 atom stereocenters. The number of nitrogens with zero attached hydrogens (tertiary/aromatic N) is 1. The van der Waals surface area contributed by atoms with Crippen molar-refractivity contribution in [3.63, 3.8) is 0 Å². The first kappa shape index (κ1) is 16.6. The molecule has 2 heteroatoms. The number of hydrogen-bond acceptors (Lipinski definition) is 2. The van der Waals surface area contributed by atoms with E-state index < -0.39 is 0 Å². The maximum atomic E-state index is 3.28. The van der Waals surface area contributed by atoms with Gasteiger partial charge in [0.05, 0.1) is 11.4 Å². The highest BCUT2D eigenvalue weighted by molar-refractivity contribution is 7.12. The molecule has 0 spiro atoms. The zero-order chi connectivity index (χ0) is 16.9. The van der Waals surface area contributed by atoms with E-state index in [1.165, 1.54) is 21.3 Å². The molecule has 1 nitrogen and oxygen atoms in total. The fourth-order valence-electron chi connectivity index (χ4n) is 2.79. The normalized spacial score (nSPS) is 10.7. The van der Waals surface area contributed by atoms with Crippen LogP contribution in [0.25, 0.3) is 10.8 Å². The Bertz CT molecular complexity index is 874. The number of benzene rings is 2. The average Bonchev–Trinajstić information content (AvgIpc) is 3.05. The van der Waals surface area contributed by atoms with Crippen LogP contribution < -0.4 is 4.90 Å². The zero-order valence-electron chi connectivity index (χ0n) is 14.5. The van der Waals surface area contributed by atoms with Crippen LogP contribution >= 0.6 is 11.3 Å². The first-order valence-corrected chi connectivity index (χ1v) is 9.32. The van der Waals surface area contributed by atoms with Crippen molar-refractivity contribution in [3.05, 3.63) is 64.4 Å². The third kappa shape index (κ3) is 3.80. The third-order valence-corrected chi connectivity index (χ3v) is 4.97. The molecule has 0 aliphatic carbocycles. The van der Waals surface area contributed by atoms with Crippen molar-refractivity contribution >= 4 is 27.8 Å². The topological polar surface area (TPSA) is 3.24 Å². The van der Waals surface area contributed by atoms with Crippen molar-refractivity contribution in [1.29, 1.82) is 0 Å². The second-order valence-electron chi connectivity index (χ2n) is 6.20. The molecule has 0 radical (unpaired) electrons. The molecule has 0 aliphatic rings. The Kier molecular flexibility index (Phi) is 5.23. The quantitative estimate of drug-likeness (QED) is 0.534. The predicted octanol–water partition coefficient (Wildman–Crippen LogP) is 5.94. The Morgan fingerprint density at radius 3 is 2.58 bits per heavy atom. The van der Waals surface area contributed by atoms with Gasteiger partial charge in [-0.05, 0) is 30.5 Å². The van der Waals surface area contributed by atoms with Crippen molar-refractivity contribution in [2.24, 2.45) is 5.92 Å². The van der Waals surface area contributed by atoms with E-state index in [2.05, 4.69) is 92.1 Å². The van der Waals surface area contributed by atoms with Gasteiger partial charge < -0.3 is 4.90 Å². The minimum Gasteiger partial charge on any atom is -0.366 e. The van der Waals surface area contributed by atoms with E-state index in [-0.39, 0.29) is 0 Å². The molecule has 1 heterocycles. The van der Waals surface area contributed by atoms with Gasteiger partial charge in [0, 0.05) is 28.4 Å². The van der Waals surface area contributed by atoms with E-state index in [4.69, 9.17) is 0 Å². The molecule has 0 fully saturated rings. The van der Waals surface area contributed by atoms with Crippen LogP contribution in [0.2, 0.25) is 0 Å². The van der Waals surface area contributed by atoms with Crippen molar-refractivity contribution in [1.82, 2.24) is 0 Å². The summed E-state index contributed by atoms with van der Waals surface area (Å²) in [7, 11) is 0. The number of thiophene rings is 1. The van der Waals surface area contributed by atoms with Crippen molar-refractivity contribution in [2.75, 3.05) is 11.4 Å². The summed E-state index contributed by atoms with van der Waals surface area (Å²) in [5.74, 6) is 6.94. The summed E-state index contributed by atoms with van der Waals surface area (Å²) >= 11 is 1.80. The molecule has 122 valence electrons. The van der Waals surface area contributed by atoms with Crippen LogP contribution in [0.4, 0.5) is 5.69 Å². The molecular weight excluding hydrogens is 310 g/mol. The Balaban J connectivity index is 1.86. The molecule has 0 amide bonds. The summed E-state index contributed by atoms with van der Waals surface area (Å²) in [4.78, 5) is 4.96. The Labute approximate surface area is 148 Å². The summed E-state index contributed by atoms with van der Waals surface area (Å²) in [5, 5.41) is 2.61. The molecule has 0 N–H and O–H groups in total. The highest BCUT2D eigenvalue weighted by Gasteiger charge is 2.10.